The summed E-state index contributed by atoms with van der Waals surface area (Å²) in [5, 5.41) is 2.90. The first-order valence-electron chi connectivity index (χ1n) is 6.28. The van der Waals surface area contributed by atoms with Crippen molar-refractivity contribution in [3.8, 4) is 0 Å². The van der Waals surface area contributed by atoms with Gasteiger partial charge in [-0.25, -0.2) is 0 Å². The van der Waals surface area contributed by atoms with Gasteiger partial charge in [0.15, 0.2) is 0 Å². The third-order valence-corrected chi connectivity index (χ3v) is 5.21. The summed E-state index contributed by atoms with van der Waals surface area (Å²) in [6.45, 7) is 0. The van der Waals surface area contributed by atoms with Gasteiger partial charge in [-0.1, -0.05) is 35.9 Å². The Kier molecular flexibility index (Phi) is 3.42. The van der Waals surface area contributed by atoms with E-state index in [1.165, 1.54) is 16.0 Å². The second kappa shape index (κ2) is 5.04. The number of nitrogens with two attached hydrogens (primary N) is 1. The largest absolute Gasteiger partial charge is 0.327 e. The van der Waals surface area contributed by atoms with Gasteiger partial charge in [-0.15, -0.1) is 11.3 Å². The fourth-order valence-electron chi connectivity index (χ4n) is 2.75. The lowest BCUT2D eigenvalue weighted by molar-refractivity contribution is 0.439. The predicted octanol–water partition coefficient (Wildman–Crippen LogP) is 3.69. The SMILES string of the molecule is NC(Cc1sccc1Cl)C1Cc2ccccc2C1. The van der Waals surface area contributed by atoms with Crippen LogP contribution in [0.1, 0.15) is 16.0 Å². The van der Waals surface area contributed by atoms with E-state index in [0.717, 1.165) is 24.3 Å². The van der Waals surface area contributed by atoms with Crippen LogP contribution in [-0.2, 0) is 19.3 Å². The molecular weight excluding hydrogens is 262 g/mol. The van der Waals surface area contributed by atoms with Gasteiger partial charge in [0.1, 0.15) is 0 Å². The van der Waals surface area contributed by atoms with Gasteiger partial charge in [0.25, 0.3) is 0 Å². The second-order valence-corrected chi connectivity index (χ2v) is 6.40. The molecule has 0 saturated carbocycles. The molecule has 3 heteroatoms. The third-order valence-electron chi connectivity index (χ3n) is 3.80. The number of rotatable bonds is 3. The van der Waals surface area contributed by atoms with E-state index in [9.17, 15) is 0 Å². The summed E-state index contributed by atoms with van der Waals surface area (Å²) in [5.74, 6) is 0.556. The Hall–Kier alpha value is -0.830. The van der Waals surface area contributed by atoms with Crippen molar-refractivity contribution in [1.29, 1.82) is 0 Å². The van der Waals surface area contributed by atoms with Crippen molar-refractivity contribution in [3.63, 3.8) is 0 Å². The highest BCUT2D eigenvalue weighted by atomic mass is 35.5. The highest BCUT2D eigenvalue weighted by Crippen LogP contribution is 2.31. The van der Waals surface area contributed by atoms with E-state index in [-0.39, 0.29) is 6.04 Å². The van der Waals surface area contributed by atoms with E-state index >= 15 is 0 Å². The number of halogens is 1. The molecule has 0 saturated heterocycles. The molecule has 0 radical (unpaired) electrons. The lowest BCUT2D eigenvalue weighted by Crippen LogP contribution is -2.32. The first kappa shape index (κ1) is 12.2. The summed E-state index contributed by atoms with van der Waals surface area (Å²) < 4.78 is 0. The van der Waals surface area contributed by atoms with Crippen LogP contribution in [0.2, 0.25) is 5.02 Å². The first-order chi connectivity index (χ1) is 8.74. The van der Waals surface area contributed by atoms with Crippen LogP contribution in [0, 0.1) is 5.92 Å². The molecule has 18 heavy (non-hydrogen) atoms. The van der Waals surface area contributed by atoms with Crippen molar-refractivity contribution in [1.82, 2.24) is 0 Å². The Morgan fingerprint density at radius 1 is 1.22 bits per heavy atom. The molecule has 1 aromatic heterocycles. The fourth-order valence-corrected chi connectivity index (χ4v) is 3.93. The van der Waals surface area contributed by atoms with Crippen molar-refractivity contribution in [2.75, 3.05) is 0 Å². The molecule has 1 atom stereocenters. The van der Waals surface area contributed by atoms with Crippen LogP contribution < -0.4 is 5.73 Å². The van der Waals surface area contributed by atoms with Crippen LogP contribution in [0.5, 0.6) is 0 Å². The molecule has 0 spiro atoms. The molecule has 3 rings (SSSR count). The van der Waals surface area contributed by atoms with Gasteiger partial charge in [0.05, 0.1) is 5.02 Å². The summed E-state index contributed by atoms with van der Waals surface area (Å²) in [7, 11) is 0. The van der Waals surface area contributed by atoms with Crippen LogP contribution in [-0.4, -0.2) is 6.04 Å². The minimum absolute atomic E-state index is 0.202. The Morgan fingerprint density at radius 3 is 2.44 bits per heavy atom. The van der Waals surface area contributed by atoms with Crippen molar-refractivity contribution >= 4 is 22.9 Å². The zero-order valence-electron chi connectivity index (χ0n) is 10.1. The molecule has 1 aliphatic rings. The second-order valence-electron chi connectivity index (χ2n) is 5.00. The van der Waals surface area contributed by atoms with Crippen LogP contribution in [0.15, 0.2) is 35.7 Å². The molecule has 1 aliphatic carbocycles. The smallest absolute Gasteiger partial charge is 0.0545 e. The fraction of sp³-hybridized carbons (Fsp3) is 0.333. The highest BCUT2D eigenvalue weighted by Gasteiger charge is 2.26. The number of hydrogen-bond acceptors (Lipinski definition) is 2. The van der Waals surface area contributed by atoms with Crippen LogP contribution in [0.25, 0.3) is 0 Å². The molecule has 1 unspecified atom stereocenters. The third kappa shape index (κ3) is 2.33. The quantitative estimate of drug-likeness (QED) is 0.910. The Bertz CT molecular complexity index is 524. The zero-order valence-corrected chi connectivity index (χ0v) is 11.7. The molecule has 1 nitrogen and oxygen atoms in total. The molecule has 2 N–H and O–H groups in total. The summed E-state index contributed by atoms with van der Waals surface area (Å²) in [6.07, 6.45) is 3.12. The summed E-state index contributed by atoms with van der Waals surface area (Å²) >= 11 is 7.84. The molecule has 0 bridgehead atoms. The Morgan fingerprint density at radius 2 is 1.89 bits per heavy atom. The maximum Gasteiger partial charge on any atom is 0.0545 e. The van der Waals surface area contributed by atoms with E-state index in [2.05, 4.69) is 24.3 Å². The zero-order chi connectivity index (χ0) is 12.5. The number of thiophene rings is 1. The monoisotopic (exact) mass is 277 g/mol. The lowest BCUT2D eigenvalue weighted by Gasteiger charge is -2.18. The van der Waals surface area contributed by atoms with Gasteiger partial charge >= 0.3 is 0 Å². The minimum Gasteiger partial charge on any atom is -0.327 e. The first-order valence-corrected chi connectivity index (χ1v) is 7.54. The van der Waals surface area contributed by atoms with Gasteiger partial charge < -0.3 is 5.73 Å². The number of hydrogen-bond donors (Lipinski definition) is 1. The van der Waals surface area contributed by atoms with E-state index in [4.69, 9.17) is 17.3 Å². The van der Waals surface area contributed by atoms with Crippen molar-refractivity contribution in [2.24, 2.45) is 11.7 Å². The molecule has 1 heterocycles. The van der Waals surface area contributed by atoms with Crippen molar-refractivity contribution < 1.29 is 0 Å². The maximum atomic E-state index is 6.37. The molecule has 0 amide bonds. The van der Waals surface area contributed by atoms with Gasteiger partial charge in [-0.2, -0.15) is 0 Å². The molecule has 0 aliphatic heterocycles. The number of fused-ring (bicyclic) bond motifs is 1. The van der Waals surface area contributed by atoms with Crippen LogP contribution in [0.4, 0.5) is 0 Å². The maximum absolute atomic E-state index is 6.37. The van der Waals surface area contributed by atoms with Gasteiger partial charge in [-0.05, 0) is 47.8 Å². The van der Waals surface area contributed by atoms with E-state index < -0.39 is 0 Å². The lowest BCUT2D eigenvalue weighted by atomic mass is 9.94. The average Bonchev–Trinajstić information content (AvgIpc) is 2.96. The van der Waals surface area contributed by atoms with Crippen LogP contribution >= 0.6 is 22.9 Å². The Balaban J connectivity index is 1.69. The average molecular weight is 278 g/mol. The van der Waals surface area contributed by atoms with Gasteiger partial charge in [-0.3, -0.25) is 0 Å². The number of benzene rings is 1. The van der Waals surface area contributed by atoms with Crippen molar-refractivity contribution in [2.45, 2.75) is 25.3 Å². The molecular formula is C15H16ClNS. The molecule has 94 valence electrons. The van der Waals surface area contributed by atoms with E-state index in [1.807, 2.05) is 11.4 Å². The van der Waals surface area contributed by atoms with E-state index in [1.54, 1.807) is 11.3 Å². The normalized spacial score (nSPS) is 16.8. The van der Waals surface area contributed by atoms with E-state index in [0.29, 0.717) is 5.92 Å². The van der Waals surface area contributed by atoms with Gasteiger partial charge in [0.2, 0.25) is 0 Å². The Labute approximate surface area is 117 Å². The van der Waals surface area contributed by atoms with Gasteiger partial charge in [0, 0.05) is 10.9 Å². The van der Waals surface area contributed by atoms with Crippen LogP contribution in [0.3, 0.4) is 0 Å². The molecule has 1 aromatic carbocycles. The predicted molar refractivity (Wildman–Crippen MR) is 78.3 cm³/mol. The standard InChI is InChI=1S/C15H16ClNS/c16-13-5-6-18-15(13)9-14(17)12-7-10-3-1-2-4-11(10)8-12/h1-6,12,14H,7-9,17H2. The minimum atomic E-state index is 0.202. The molecule has 0 fully saturated rings. The summed E-state index contributed by atoms with van der Waals surface area (Å²) in [4.78, 5) is 1.22. The topological polar surface area (TPSA) is 26.0 Å². The summed E-state index contributed by atoms with van der Waals surface area (Å²) in [5.41, 5.74) is 9.30. The molecule has 2 aromatic rings. The van der Waals surface area contributed by atoms with Crippen molar-refractivity contribution in [3.05, 3.63) is 56.7 Å². The summed E-state index contributed by atoms with van der Waals surface area (Å²) in [6, 6.07) is 10.8. The highest BCUT2D eigenvalue weighted by molar-refractivity contribution is 7.10.